The van der Waals surface area contributed by atoms with Crippen LogP contribution in [0.1, 0.15) is 27.7 Å². The average molecular weight is 414 g/mol. The zero-order valence-corrected chi connectivity index (χ0v) is 16.5. The molecule has 0 saturated carbocycles. The van der Waals surface area contributed by atoms with Crippen molar-refractivity contribution in [1.29, 1.82) is 0 Å². The summed E-state index contributed by atoms with van der Waals surface area (Å²) in [5.41, 5.74) is 1.90. The molecule has 0 radical (unpaired) electrons. The lowest BCUT2D eigenvalue weighted by atomic mass is 10.0. The molecule has 4 aromatic rings. The summed E-state index contributed by atoms with van der Waals surface area (Å²) in [5.74, 6) is -0.302. The predicted octanol–water partition coefficient (Wildman–Crippen LogP) is 3.68. The number of hydrogen-bond acceptors (Lipinski definition) is 4. The summed E-state index contributed by atoms with van der Waals surface area (Å²) < 4.78 is 13.4. The van der Waals surface area contributed by atoms with Crippen LogP contribution in [0.25, 0.3) is 11.5 Å². The lowest BCUT2D eigenvalue weighted by molar-refractivity contribution is 0.0936. The molecule has 154 valence electrons. The highest BCUT2D eigenvalue weighted by atomic mass is 19.1. The van der Waals surface area contributed by atoms with Crippen molar-refractivity contribution in [2.75, 3.05) is 0 Å². The Balaban J connectivity index is 1.66. The minimum atomic E-state index is -0.515. The number of halogens is 1. The van der Waals surface area contributed by atoms with Crippen LogP contribution in [-0.2, 0) is 6.42 Å². The van der Waals surface area contributed by atoms with E-state index in [1.807, 2.05) is 6.07 Å². The molecule has 1 atom stereocenters. The van der Waals surface area contributed by atoms with E-state index in [1.165, 1.54) is 18.2 Å². The van der Waals surface area contributed by atoms with Gasteiger partial charge in [0.25, 0.3) is 11.5 Å². The molecule has 0 aliphatic rings. The van der Waals surface area contributed by atoms with E-state index in [0.29, 0.717) is 28.3 Å². The summed E-state index contributed by atoms with van der Waals surface area (Å²) in [6.07, 6.45) is 1.86. The Morgan fingerprint density at radius 3 is 2.45 bits per heavy atom. The molecule has 4 rings (SSSR count). The van der Waals surface area contributed by atoms with Gasteiger partial charge in [-0.1, -0.05) is 36.4 Å². The molecule has 0 saturated heterocycles. The van der Waals surface area contributed by atoms with E-state index in [2.05, 4.69) is 20.3 Å². The van der Waals surface area contributed by atoms with Gasteiger partial charge in [0.15, 0.2) is 5.82 Å². The van der Waals surface area contributed by atoms with Gasteiger partial charge in [-0.25, -0.2) is 9.37 Å². The number of amides is 1. The number of nitrogens with one attached hydrogen (secondary N) is 2. The largest absolute Gasteiger partial charge is 0.345 e. The SMILES string of the molecule is O=C(NC(Cc1cc(=O)[nH]c(-c2ccccn2)n1)c1ccc(F)cc1)c1ccccc1. The maximum Gasteiger partial charge on any atom is 0.251 e. The van der Waals surface area contributed by atoms with E-state index in [1.54, 1.807) is 60.8 Å². The maximum absolute atomic E-state index is 13.4. The topological polar surface area (TPSA) is 87.7 Å². The molecule has 6 nitrogen and oxygen atoms in total. The Morgan fingerprint density at radius 2 is 1.74 bits per heavy atom. The van der Waals surface area contributed by atoms with Crippen molar-refractivity contribution in [3.05, 3.63) is 118 Å². The van der Waals surface area contributed by atoms with Gasteiger partial charge in [0.2, 0.25) is 0 Å². The van der Waals surface area contributed by atoms with Crippen LogP contribution in [0.3, 0.4) is 0 Å². The van der Waals surface area contributed by atoms with Crippen molar-refractivity contribution in [2.24, 2.45) is 0 Å². The Kier molecular flexibility index (Phi) is 5.93. The number of hydrogen-bond donors (Lipinski definition) is 2. The summed E-state index contributed by atoms with van der Waals surface area (Å²) in [6, 6.07) is 20.9. The number of aromatic amines is 1. The summed E-state index contributed by atoms with van der Waals surface area (Å²) in [7, 11) is 0. The highest BCUT2D eigenvalue weighted by Crippen LogP contribution is 2.20. The number of carbonyl (C=O) groups excluding carboxylic acids is 1. The van der Waals surface area contributed by atoms with E-state index in [9.17, 15) is 14.0 Å². The molecule has 2 aromatic heterocycles. The number of carbonyl (C=O) groups is 1. The van der Waals surface area contributed by atoms with Gasteiger partial charge in [-0.15, -0.1) is 0 Å². The van der Waals surface area contributed by atoms with E-state index < -0.39 is 6.04 Å². The van der Waals surface area contributed by atoms with Crippen LogP contribution in [-0.4, -0.2) is 20.9 Å². The number of H-pyrrole nitrogens is 1. The molecule has 0 spiro atoms. The highest BCUT2D eigenvalue weighted by molar-refractivity contribution is 5.94. The second-order valence-corrected chi connectivity index (χ2v) is 6.95. The smallest absolute Gasteiger partial charge is 0.251 e. The molecular weight excluding hydrogens is 395 g/mol. The van der Waals surface area contributed by atoms with Crippen molar-refractivity contribution < 1.29 is 9.18 Å². The van der Waals surface area contributed by atoms with Crippen molar-refractivity contribution in [3.63, 3.8) is 0 Å². The normalized spacial score (nSPS) is 11.6. The van der Waals surface area contributed by atoms with Crippen molar-refractivity contribution >= 4 is 5.91 Å². The third-order valence-corrected chi connectivity index (χ3v) is 4.73. The van der Waals surface area contributed by atoms with Crippen LogP contribution in [0.15, 0.2) is 89.9 Å². The quantitative estimate of drug-likeness (QED) is 0.504. The molecule has 0 bridgehead atoms. The van der Waals surface area contributed by atoms with Crippen LogP contribution in [0.5, 0.6) is 0 Å². The molecule has 31 heavy (non-hydrogen) atoms. The molecular formula is C24H19FN4O2. The maximum atomic E-state index is 13.4. The standard InChI is InChI=1S/C24H19FN4O2/c25-18-11-9-16(10-12-18)21(28-24(31)17-6-2-1-3-7-17)14-19-15-22(30)29-23(27-19)20-8-4-5-13-26-20/h1-13,15,21H,14H2,(H,28,31)(H,27,29,30). The monoisotopic (exact) mass is 414 g/mol. The Labute approximate surface area is 177 Å². The van der Waals surface area contributed by atoms with Gasteiger partial charge in [0.05, 0.1) is 11.7 Å². The fourth-order valence-corrected chi connectivity index (χ4v) is 3.22. The Hall–Kier alpha value is -4.13. The first-order chi connectivity index (χ1) is 15.1. The molecule has 2 N–H and O–H groups in total. The lowest BCUT2D eigenvalue weighted by Gasteiger charge is -2.19. The number of pyridine rings is 1. The van der Waals surface area contributed by atoms with Gasteiger partial charge in [0.1, 0.15) is 11.5 Å². The molecule has 0 fully saturated rings. The van der Waals surface area contributed by atoms with E-state index in [0.717, 1.165) is 0 Å². The van der Waals surface area contributed by atoms with Gasteiger partial charge in [-0.05, 0) is 42.0 Å². The van der Waals surface area contributed by atoms with E-state index in [-0.39, 0.29) is 23.7 Å². The third-order valence-electron chi connectivity index (χ3n) is 4.73. The van der Waals surface area contributed by atoms with Crippen LogP contribution in [0, 0.1) is 5.82 Å². The fourth-order valence-electron chi connectivity index (χ4n) is 3.22. The lowest BCUT2D eigenvalue weighted by Crippen LogP contribution is -2.30. The van der Waals surface area contributed by atoms with Gasteiger partial charge in [-0.3, -0.25) is 14.6 Å². The number of aromatic nitrogens is 3. The van der Waals surface area contributed by atoms with Gasteiger partial charge in [0, 0.05) is 24.2 Å². The zero-order valence-electron chi connectivity index (χ0n) is 16.5. The van der Waals surface area contributed by atoms with Gasteiger partial charge >= 0.3 is 0 Å². The van der Waals surface area contributed by atoms with Crippen molar-refractivity contribution in [3.8, 4) is 11.5 Å². The Morgan fingerprint density at radius 1 is 1.00 bits per heavy atom. The van der Waals surface area contributed by atoms with E-state index in [4.69, 9.17) is 0 Å². The van der Waals surface area contributed by atoms with Crippen LogP contribution < -0.4 is 10.9 Å². The highest BCUT2D eigenvalue weighted by Gasteiger charge is 2.18. The first kappa shape index (κ1) is 20.2. The molecule has 1 amide bonds. The van der Waals surface area contributed by atoms with Crippen LogP contribution >= 0.6 is 0 Å². The first-order valence-corrected chi connectivity index (χ1v) is 9.71. The molecule has 2 aromatic carbocycles. The number of rotatable bonds is 6. The van der Waals surface area contributed by atoms with Gasteiger partial charge < -0.3 is 10.3 Å². The third kappa shape index (κ3) is 5.08. The molecule has 2 heterocycles. The van der Waals surface area contributed by atoms with Crippen LogP contribution in [0.4, 0.5) is 4.39 Å². The summed E-state index contributed by atoms with van der Waals surface area (Å²) in [6.45, 7) is 0. The minimum absolute atomic E-state index is 0.244. The van der Waals surface area contributed by atoms with E-state index >= 15 is 0 Å². The summed E-state index contributed by atoms with van der Waals surface area (Å²) in [5, 5.41) is 2.97. The summed E-state index contributed by atoms with van der Waals surface area (Å²) in [4.78, 5) is 36.4. The second-order valence-electron chi connectivity index (χ2n) is 6.95. The van der Waals surface area contributed by atoms with Gasteiger partial charge in [-0.2, -0.15) is 0 Å². The second kappa shape index (κ2) is 9.13. The molecule has 0 aliphatic carbocycles. The molecule has 1 unspecified atom stereocenters. The first-order valence-electron chi connectivity index (χ1n) is 9.71. The predicted molar refractivity (Wildman–Crippen MR) is 115 cm³/mol. The minimum Gasteiger partial charge on any atom is -0.345 e. The van der Waals surface area contributed by atoms with Crippen LogP contribution in [0.2, 0.25) is 0 Å². The summed E-state index contributed by atoms with van der Waals surface area (Å²) >= 11 is 0. The molecule has 7 heteroatoms. The number of benzene rings is 2. The van der Waals surface area contributed by atoms with Crippen molar-refractivity contribution in [2.45, 2.75) is 12.5 Å². The average Bonchev–Trinajstić information content (AvgIpc) is 2.80. The molecule has 0 aliphatic heterocycles. The Bertz CT molecular complexity index is 1230. The van der Waals surface area contributed by atoms with Crippen molar-refractivity contribution in [1.82, 2.24) is 20.3 Å². The fraction of sp³-hybridized carbons (Fsp3) is 0.0833. The zero-order chi connectivity index (χ0) is 21.6. The number of nitrogens with zero attached hydrogens (tertiary/aromatic N) is 2.